The SMILES string of the molecule is COCCN(CC(=O)O)C(=O)c1csc(C(F)(F)F)n1. The van der Waals surface area contributed by atoms with Crippen molar-refractivity contribution in [2.45, 2.75) is 6.18 Å². The molecule has 0 aliphatic carbocycles. The molecule has 0 aliphatic heterocycles. The molecule has 0 unspecified atom stereocenters. The molecule has 1 heterocycles. The molecule has 10 heteroatoms. The third kappa shape index (κ3) is 4.46. The quantitative estimate of drug-likeness (QED) is 0.857. The smallest absolute Gasteiger partial charge is 0.443 e. The van der Waals surface area contributed by atoms with Crippen LogP contribution in [-0.2, 0) is 15.7 Å². The van der Waals surface area contributed by atoms with E-state index in [4.69, 9.17) is 9.84 Å². The second kappa shape index (κ2) is 6.66. The number of methoxy groups -OCH3 is 1. The summed E-state index contributed by atoms with van der Waals surface area (Å²) in [7, 11) is 1.36. The molecule has 0 saturated carbocycles. The van der Waals surface area contributed by atoms with Gasteiger partial charge in [-0.2, -0.15) is 13.2 Å². The standard InChI is InChI=1S/C10H11F3N2O4S/c1-19-3-2-15(4-7(16)17)8(18)6-5-20-9(14-6)10(11,12)13/h5H,2-4H2,1H3,(H,16,17). The van der Waals surface area contributed by atoms with Gasteiger partial charge in [0.05, 0.1) is 6.61 Å². The summed E-state index contributed by atoms with van der Waals surface area (Å²) in [5.74, 6) is -2.16. The zero-order valence-electron chi connectivity index (χ0n) is 10.3. The largest absolute Gasteiger partial charge is 0.480 e. The van der Waals surface area contributed by atoms with Gasteiger partial charge < -0.3 is 14.7 Å². The van der Waals surface area contributed by atoms with E-state index in [9.17, 15) is 22.8 Å². The van der Waals surface area contributed by atoms with Gasteiger partial charge in [0.1, 0.15) is 12.2 Å². The van der Waals surface area contributed by atoms with Gasteiger partial charge in [-0.05, 0) is 0 Å². The Labute approximate surface area is 115 Å². The lowest BCUT2D eigenvalue weighted by Crippen LogP contribution is -2.38. The number of alkyl halides is 3. The maximum Gasteiger partial charge on any atom is 0.443 e. The number of hydrogen-bond acceptors (Lipinski definition) is 5. The van der Waals surface area contributed by atoms with Crippen LogP contribution in [0.1, 0.15) is 15.5 Å². The maximum absolute atomic E-state index is 12.4. The van der Waals surface area contributed by atoms with Crippen molar-refractivity contribution in [1.82, 2.24) is 9.88 Å². The molecule has 0 radical (unpaired) electrons. The number of rotatable bonds is 6. The molecular weight excluding hydrogens is 301 g/mol. The number of aliphatic carboxylic acids is 1. The minimum absolute atomic E-state index is 0.0550. The van der Waals surface area contributed by atoms with Crippen LogP contribution in [0.2, 0.25) is 0 Å². The molecule has 1 N–H and O–H groups in total. The molecule has 1 amide bonds. The molecular formula is C10H11F3N2O4S. The number of nitrogens with zero attached hydrogens (tertiary/aromatic N) is 2. The number of ether oxygens (including phenoxy) is 1. The summed E-state index contributed by atoms with van der Waals surface area (Å²) in [6, 6.07) is 0. The molecule has 0 saturated heterocycles. The summed E-state index contributed by atoms with van der Waals surface area (Å²) in [5.41, 5.74) is -0.431. The average Bonchev–Trinajstić information content (AvgIpc) is 2.82. The van der Waals surface area contributed by atoms with Crippen molar-refractivity contribution >= 4 is 23.2 Å². The summed E-state index contributed by atoms with van der Waals surface area (Å²) >= 11 is 0.283. The first kappa shape index (κ1) is 16.4. The van der Waals surface area contributed by atoms with Gasteiger partial charge in [-0.1, -0.05) is 0 Å². The first-order valence-corrected chi connectivity index (χ1v) is 6.16. The zero-order valence-corrected chi connectivity index (χ0v) is 11.1. The second-order valence-electron chi connectivity index (χ2n) is 3.65. The van der Waals surface area contributed by atoms with Crippen LogP contribution in [0, 0.1) is 0 Å². The van der Waals surface area contributed by atoms with Crippen LogP contribution in [0.4, 0.5) is 13.2 Å². The van der Waals surface area contributed by atoms with Crippen molar-refractivity contribution in [1.29, 1.82) is 0 Å². The number of halogens is 3. The third-order valence-electron chi connectivity index (χ3n) is 2.14. The van der Waals surface area contributed by atoms with Crippen LogP contribution >= 0.6 is 11.3 Å². The van der Waals surface area contributed by atoms with Gasteiger partial charge in [-0.15, -0.1) is 11.3 Å². The molecule has 1 aromatic rings. The highest BCUT2D eigenvalue weighted by Gasteiger charge is 2.35. The number of carbonyl (C=O) groups excluding carboxylic acids is 1. The summed E-state index contributed by atoms with van der Waals surface area (Å²) in [6.45, 7) is -0.628. The van der Waals surface area contributed by atoms with E-state index in [2.05, 4.69) is 4.98 Å². The highest BCUT2D eigenvalue weighted by molar-refractivity contribution is 7.09. The number of carboxylic acids is 1. The first-order valence-electron chi connectivity index (χ1n) is 5.28. The summed E-state index contributed by atoms with van der Waals surface area (Å²) in [4.78, 5) is 26.6. The molecule has 6 nitrogen and oxygen atoms in total. The minimum atomic E-state index is -4.63. The van der Waals surface area contributed by atoms with Crippen molar-refractivity contribution in [3.63, 3.8) is 0 Å². The Kier molecular flexibility index (Phi) is 5.45. The lowest BCUT2D eigenvalue weighted by molar-refractivity contribution is -0.138. The number of aromatic nitrogens is 1. The van der Waals surface area contributed by atoms with Crippen molar-refractivity contribution in [2.24, 2.45) is 0 Å². The van der Waals surface area contributed by atoms with E-state index in [1.54, 1.807) is 0 Å². The molecule has 0 fully saturated rings. The fourth-order valence-corrected chi connectivity index (χ4v) is 1.94. The molecule has 0 atom stereocenters. The summed E-state index contributed by atoms with van der Waals surface area (Å²) in [6.07, 6.45) is -4.63. The number of hydrogen-bond donors (Lipinski definition) is 1. The van der Waals surface area contributed by atoms with E-state index < -0.39 is 35.3 Å². The predicted octanol–water partition coefficient (Wildman–Crippen LogP) is 1.34. The molecule has 1 aromatic heterocycles. The molecule has 112 valence electrons. The predicted molar refractivity (Wildman–Crippen MR) is 62.5 cm³/mol. The van der Waals surface area contributed by atoms with Gasteiger partial charge in [0.15, 0.2) is 5.01 Å². The highest BCUT2D eigenvalue weighted by atomic mass is 32.1. The van der Waals surface area contributed by atoms with Gasteiger partial charge in [0, 0.05) is 19.0 Å². The van der Waals surface area contributed by atoms with Gasteiger partial charge in [0.25, 0.3) is 5.91 Å². The topological polar surface area (TPSA) is 79.7 Å². The Morgan fingerprint density at radius 2 is 2.15 bits per heavy atom. The molecule has 1 rings (SSSR count). The van der Waals surface area contributed by atoms with Crippen LogP contribution in [0.15, 0.2) is 5.38 Å². The third-order valence-corrected chi connectivity index (χ3v) is 3.03. The Morgan fingerprint density at radius 3 is 2.60 bits per heavy atom. The minimum Gasteiger partial charge on any atom is -0.480 e. The summed E-state index contributed by atoms with van der Waals surface area (Å²) in [5, 5.41) is 8.48. The van der Waals surface area contributed by atoms with Crippen LogP contribution in [0.25, 0.3) is 0 Å². The van der Waals surface area contributed by atoms with Gasteiger partial charge in [0.2, 0.25) is 0 Å². The van der Waals surface area contributed by atoms with E-state index in [1.807, 2.05) is 0 Å². The normalized spacial score (nSPS) is 11.4. The highest BCUT2D eigenvalue weighted by Crippen LogP contribution is 2.31. The van der Waals surface area contributed by atoms with Crippen molar-refractivity contribution < 1.29 is 32.6 Å². The van der Waals surface area contributed by atoms with E-state index in [0.717, 1.165) is 10.3 Å². The van der Waals surface area contributed by atoms with E-state index in [-0.39, 0.29) is 24.5 Å². The maximum atomic E-state index is 12.4. The second-order valence-corrected chi connectivity index (χ2v) is 4.51. The fourth-order valence-electron chi connectivity index (χ4n) is 1.28. The zero-order chi connectivity index (χ0) is 15.3. The lowest BCUT2D eigenvalue weighted by Gasteiger charge is -2.18. The number of carboxylic acid groups (broad SMARTS) is 1. The Hall–Kier alpha value is -1.68. The molecule has 0 aliphatic rings. The number of thiazole rings is 1. The van der Waals surface area contributed by atoms with E-state index >= 15 is 0 Å². The number of amides is 1. The molecule has 20 heavy (non-hydrogen) atoms. The Balaban J connectivity index is 2.88. The van der Waals surface area contributed by atoms with Gasteiger partial charge in [-0.3, -0.25) is 9.59 Å². The van der Waals surface area contributed by atoms with Crippen molar-refractivity contribution in [3.8, 4) is 0 Å². The van der Waals surface area contributed by atoms with E-state index in [0.29, 0.717) is 0 Å². The van der Waals surface area contributed by atoms with Gasteiger partial charge in [-0.25, -0.2) is 4.98 Å². The summed E-state index contributed by atoms with van der Waals surface area (Å²) < 4.78 is 41.9. The van der Waals surface area contributed by atoms with Crippen LogP contribution in [0.5, 0.6) is 0 Å². The van der Waals surface area contributed by atoms with Crippen molar-refractivity contribution in [2.75, 3.05) is 26.8 Å². The Morgan fingerprint density at radius 1 is 1.50 bits per heavy atom. The van der Waals surface area contributed by atoms with Crippen LogP contribution < -0.4 is 0 Å². The molecule has 0 spiro atoms. The van der Waals surface area contributed by atoms with Crippen LogP contribution in [0.3, 0.4) is 0 Å². The fraction of sp³-hybridized carbons (Fsp3) is 0.500. The van der Waals surface area contributed by atoms with Crippen molar-refractivity contribution in [3.05, 3.63) is 16.1 Å². The van der Waals surface area contributed by atoms with E-state index in [1.165, 1.54) is 7.11 Å². The lowest BCUT2D eigenvalue weighted by atomic mass is 10.3. The van der Waals surface area contributed by atoms with Gasteiger partial charge >= 0.3 is 12.1 Å². The molecule has 0 aromatic carbocycles. The molecule has 0 bridgehead atoms. The number of carbonyl (C=O) groups is 2. The van der Waals surface area contributed by atoms with Crippen LogP contribution in [-0.4, -0.2) is 53.7 Å². The monoisotopic (exact) mass is 312 g/mol. The Bertz CT molecular complexity index is 489. The first-order chi connectivity index (χ1) is 9.25. The average molecular weight is 312 g/mol.